The molecule has 0 aliphatic rings. The van der Waals surface area contributed by atoms with Crippen molar-refractivity contribution in [2.24, 2.45) is 5.92 Å². The van der Waals surface area contributed by atoms with Gasteiger partial charge in [-0.05, 0) is 75.4 Å². The largest absolute Gasteiger partial charge is 0.260 e. The lowest BCUT2D eigenvalue weighted by Crippen LogP contribution is -2.12. The van der Waals surface area contributed by atoms with E-state index in [1.807, 2.05) is 6.20 Å². The van der Waals surface area contributed by atoms with Crippen molar-refractivity contribution in [3.8, 4) is 22.4 Å². The summed E-state index contributed by atoms with van der Waals surface area (Å²) < 4.78 is 1.31. The zero-order valence-corrected chi connectivity index (χ0v) is 20.8. The molecule has 0 amide bonds. The quantitative estimate of drug-likeness (QED) is 0.274. The third-order valence-corrected chi connectivity index (χ3v) is 7.16. The van der Waals surface area contributed by atoms with Crippen LogP contribution in [0.25, 0.3) is 43.2 Å². The Hall–Kier alpha value is -3.04. The van der Waals surface area contributed by atoms with Crippen molar-refractivity contribution in [3.63, 3.8) is 0 Å². The Bertz CT molecular complexity index is 1450. The first-order valence-electron chi connectivity index (χ1n) is 11.7. The zero-order valence-electron chi connectivity index (χ0n) is 20.0. The molecular weight excluding hydrogens is 420 g/mol. The number of nitrogens with zero attached hydrogens (tertiary/aromatic N) is 2. The van der Waals surface area contributed by atoms with Gasteiger partial charge in [-0.3, -0.25) is 9.97 Å². The first-order chi connectivity index (χ1) is 15.8. The number of pyridine rings is 2. The van der Waals surface area contributed by atoms with Crippen LogP contribution in [0.2, 0.25) is 0 Å². The molecule has 2 nitrogen and oxygen atoms in total. The molecule has 0 spiro atoms. The number of hydrogen-bond donors (Lipinski definition) is 0. The minimum atomic E-state index is 0.0481. The fraction of sp³-hybridized carbons (Fsp3) is 0.267. The van der Waals surface area contributed by atoms with Gasteiger partial charge in [-0.2, -0.15) is 0 Å². The molecule has 3 aromatic heterocycles. The summed E-state index contributed by atoms with van der Waals surface area (Å²) in [6.45, 7) is 11.3. The van der Waals surface area contributed by atoms with Crippen LogP contribution in [0.3, 0.4) is 0 Å². The molecule has 0 bridgehead atoms. The summed E-state index contributed by atoms with van der Waals surface area (Å²) in [5, 5.41) is 6.04. The highest BCUT2D eigenvalue weighted by Gasteiger charge is 2.19. The minimum absolute atomic E-state index is 0.0481. The summed E-state index contributed by atoms with van der Waals surface area (Å²) in [6.07, 6.45) is 4.98. The molecule has 3 heteroatoms. The summed E-state index contributed by atoms with van der Waals surface area (Å²) in [5.41, 5.74) is 7.11. The third kappa shape index (κ3) is 4.18. The van der Waals surface area contributed by atoms with Crippen molar-refractivity contribution in [2.45, 2.75) is 46.5 Å². The van der Waals surface area contributed by atoms with E-state index in [4.69, 9.17) is 9.97 Å². The number of aromatic nitrogens is 2. The van der Waals surface area contributed by atoms with Crippen molar-refractivity contribution >= 4 is 32.2 Å². The Labute approximate surface area is 200 Å². The fourth-order valence-electron chi connectivity index (χ4n) is 4.61. The van der Waals surface area contributed by atoms with Crippen molar-refractivity contribution in [1.82, 2.24) is 9.97 Å². The maximum atomic E-state index is 4.87. The SMILES string of the molecule is CC(C)Cc1ncc(-c2ccnc(-c3cc(C(C)(C)C)c4ccccc4c3)c2)c2sccc12. The molecule has 0 aliphatic heterocycles. The van der Waals surface area contributed by atoms with Gasteiger partial charge in [0.25, 0.3) is 0 Å². The number of benzene rings is 2. The summed E-state index contributed by atoms with van der Waals surface area (Å²) in [4.78, 5) is 9.64. The molecule has 0 aliphatic carbocycles. The Kier molecular flexibility index (Phi) is 5.54. The van der Waals surface area contributed by atoms with Gasteiger partial charge in [0.1, 0.15) is 0 Å². The van der Waals surface area contributed by atoms with E-state index in [2.05, 4.69) is 101 Å². The molecule has 0 fully saturated rings. The predicted octanol–water partition coefficient (Wildman–Crippen LogP) is 8.67. The molecule has 166 valence electrons. The second-order valence-electron chi connectivity index (χ2n) is 10.3. The molecule has 0 saturated carbocycles. The monoisotopic (exact) mass is 450 g/mol. The second kappa shape index (κ2) is 8.39. The van der Waals surface area contributed by atoms with E-state index in [-0.39, 0.29) is 5.41 Å². The topological polar surface area (TPSA) is 25.8 Å². The van der Waals surface area contributed by atoms with Gasteiger partial charge in [0.05, 0.1) is 5.69 Å². The number of hydrogen-bond acceptors (Lipinski definition) is 3. The van der Waals surface area contributed by atoms with Crippen LogP contribution >= 0.6 is 11.3 Å². The zero-order chi connectivity index (χ0) is 23.2. The molecule has 0 saturated heterocycles. The summed E-state index contributed by atoms with van der Waals surface area (Å²) in [7, 11) is 0. The van der Waals surface area contributed by atoms with Crippen molar-refractivity contribution in [2.75, 3.05) is 0 Å². The highest BCUT2D eigenvalue weighted by molar-refractivity contribution is 7.17. The fourth-order valence-corrected chi connectivity index (χ4v) is 5.56. The van der Waals surface area contributed by atoms with E-state index in [1.54, 1.807) is 11.3 Å². The predicted molar refractivity (Wildman–Crippen MR) is 143 cm³/mol. The second-order valence-corrected chi connectivity index (χ2v) is 11.2. The minimum Gasteiger partial charge on any atom is -0.260 e. The molecule has 3 heterocycles. The lowest BCUT2D eigenvalue weighted by Gasteiger charge is -2.22. The number of thiophene rings is 1. The van der Waals surface area contributed by atoms with Gasteiger partial charge < -0.3 is 0 Å². The number of rotatable bonds is 4. The van der Waals surface area contributed by atoms with Crippen LogP contribution in [0.15, 0.2) is 72.4 Å². The average molecular weight is 451 g/mol. The van der Waals surface area contributed by atoms with Gasteiger partial charge in [0.2, 0.25) is 0 Å². The van der Waals surface area contributed by atoms with Gasteiger partial charge in [0.15, 0.2) is 0 Å². The maximum absolute atomic E-state index is 4.87. The van der Waals surface area contributed by atoms with Gasteiger partial charge in [-0.25, -0.2) is 0 Å². The molecule has 0 unspecified atom stereocenters. The Morgan fingerprint density at radius 3 is 2.48 bits per heavy atom. The van der Waals surface area contributed by atoms with Gasteiger partial charge >= 0.3 is 0 Å². The molecule has 2 aromatic carbocycles. The lowest BCUT2D eigenvalue weighted by atomic mass is 9.82. The van der Waals surface area contributed by atoms with Gasteiger partial charge in [0, 0.05) is 39.3 Å². The van der Waals surface area contributed by atoms with Gasteiger partial charge in [-0.15, -0.1) is 11.3 Å². The van der Waals surface area contributed by atoms with Crippen LogP contribution in [0, 0.1) is 5.92 Å². The van der Waals surface area contributed by atoms with E-state index < -0.39 is 0 Å². The van der Waals surface area contributed by atoms with Crippen molar-refractivity contribution in [3.05, 3.63) is 83.6 Å². The molecule has 5 aromatic rings. The lowest BCUT2D eigenvalue weighted by molar-refractivity contribution is 0.596. The highest BCUT2D eigenvalue weighted by Crippen LogP contribution is 2.37. The van der Waals surface area contributed by atoms with Crippen LogP contribution in [0.4, 0.5) is 0 Å². The molecule has 33 heavy (non-hydrogen) atoms. The third-order valence-electron chi connectivity index (χ3n) is 6.21. The van der Waals surface area contributed by atoms with Crippen molar-refractivity contribution in [1.29, 1.82) is 0 Å². The molecule has 0 N–H and O–H groups in total. The van der Waals surface area contributed by atoms with Gasteiger partial charge in [-0.1, -0.05) is 58.9 Å². The van der Waals surface area contributed by atoms with Crippen LogP contribution in [-0.2, 0) is 11.8 Å². The van der Waals surface area contributed by atoms with E-state index in [0.717, 1.165) is 17.7 Å². The summed E-state index contributed by atoms with van der Waals surface area (Å²) >= 11 is 1.80. The highest BCUT2D eigenvalue weighted by atomic mass is 32.1. The summed E-state index contributed by atoms with van der Waals surface area (Å²) in [6, 6.07) is 19.8. The molecule has 0 radical (unpaired) electrons. The Morgan fingerprint density at radius 2 is 1.70 bits per heavy atom. The first kappa shape index (κ1) is 21.8. The van der Waals surface area contributed by atoms with Crippen LogP contribution in [0.1, 0.15) is 45.9 Å². The average Bonchev–Trinajstić information content (AvgIpc) is 3.28. The summed E-state index contributed by atoms with van der Waals surface area (Å²) in [5.74, 6) is 0.587. The number of fused-ring (bicyclic) bond motifs is 2. The molecular formula is C30H30N2S. The van der Waals surface area contributed by atoms with E-state index >= 15 is 0 Å². The van der Waals surface area contributed by atoms with Crippen LogP contribution in [-0.4, -0.2) is 9.97 Å². The first-order valence-corrected chi connectivity index (χ1v) is 12.5. The van der Waals surface area contributed by atoms with Crippen LogP contribution < -0.4 is 0 Å². The molecule has 5 rings (SSSR count). The molecule has 0 atom stereocenters. The standard InChI is InChI=1S/C30H30N2S/c1-19(2)14-28-24-11-13-33-29(24)25(18-32-28)21-10-12-31-27(17-21)22-15-20-8-6-7-9-23(20)26(16-22)30(3,4)5/h6-13,15-19H,14H2,1-5H3. The maximum Gasteiger partial charge on any atom is 0.0708 e. The smallest absolute Gasteiger partial charge is 0.0708 e. The van der Waals surface area contributed by atoms with Crippen LogP contribution in [0.5, 0.6) is 0 Å². The van der Waals surface area contributed by atoms with Crippen molar-refractivity contribution < 1.29 is 0 Å². The van der Waals surface area contributed by atoms with E-state index in [0.29, 0.717) is 5.92 Å². The van der Waals surface area contributed by atoms with E-state index in [9.17, 15) is 0 Å². The van der Waals surface area contributed by atoms with E-state index in [1.165, 1.54) is 43.2 Å². The Balaban J connectivity index is 1.65. The Morgan fingerprint density at radius 1 is 0.879 bits per heavy atom. The normalized spacial score (nSPS) is 12.2.